The van der Waals surface area contributed by atoms with Crippen LogP contribution in [0.3, 0.4) is 0 Å². The molecule has 5 heteroatoms. The molecule has 1 atom stereocenters. The zero-order valence-electron chi connectivity index (χ0n) is 14.5. The summed E-state index contributed by atoms with van der Waals surface area (Å²) in [5, 5.41) is 3.05. The van der Waals surface area contributed by atoms with E-state index in [4.69, 9.17) is 4.74 Å². The van der Waals surface area contributed by atoms with E-state index in [9.17, 15) is 9.59 Å². The van der Waals surface area contributed by atoms with E-state index in [1.54, 1.807) is 0 Å². The quantitative estimate of drug-likeness (QED) is 0.813. The van der Waals surface area contributed by atoms with Gasteiger partial charge in [-0.25, -0.2) is 0 Å². The van der Waals surface area contributed by atoms with Gasteiger partial charge in [0.05, 0.1) is 19.7 Å². The fourth-order valence-electron chi connectivity index (χ4n) is 3.55. The molecule has 2 saturated heterocycles. The summed E-state index contributed by atoms with van der Waals surface area (Å²) < 4.78 is 6.08. The summed E-state index contributed by atoms with van der Waals surface area (Å²) in [6.07, 6.45) is 5.84. The minimum atomic E-state index is -0.0961. The standard InChI is InChI=1S/C18H30N2O3/c1-13(2)7-17(22)20-11-18(12-20)6-5-15(10-23-18)9-19-16(21)8-14-3-4-14/h13-15H,3-12H2,1-2H3,(H,19,21)/t15-/m1/s1. The highest BCUT2D eigenvalue weighted by atomic mass is 16.5. The highest BCUT2D eigenvalue weighted by molar-refractivity contribution is 5.77. The highest BCUT2D eigenvalue weighted by Crippen LogP contribution is 2.36. The number of rotatable bonds is 6. The van der Waals surface area contributed by atoms with E-state index in [1.807, 2.05) is 4.90 Å². The Morgan fingerprint density at radius 1 is 1.22 bits per heavy atom. The van der Waals surface area contributed by atoms with Gasteiger partial charge in [-0.3, -0.25) is 9.59 Å². The summed E-state index contributed by atoms with van der Waals surface area (Å²) in [5.74, 6) is 1.93. The van der Waals surface area contributed by atoms with Crippen molar-refractivity contribution in [3.8, 4) is 0 Å². The van der Waals surface area contributed by atoms with Crippen molar-refractivity contribution < 1.29 is 14.3 Å². The molecule has 1 N–H and O–H groups in total. The van der Waals surface area contributed by atoms with Gasteiger partial charge < -0.3 is 15.0 Å². The molecule has 3 rings (SSSR count). The van der Waals surface area contributed by atoms with Gasteiger partial charge in [0.15, 0.2) is 0 Å². The SMILES string of the molecule is CC(C)CC(=O)N1CC2(CC[C@H](CNC(=O)CC3CC3)CO2)C1. The average molecular weight is 322 g/mol. The van der Waals surface area contributed by atoms with E-state index in [0.717, 1.165) is 32.5 Å². The number of hydrogen-bond donors (Lipinski definition) is 1. The van der Waals surface area contributed by atoms with Crippen molar-refractivity contribution in [1.82, 2.24) is 10.2 Å². The molecule has 5 nitrogen and oxygen atoms in total. The molecular weight excluding hydrogens is 292 g/mol. The minimum Gasteiger partial charge on any atom is -0.371 e. The lowest BCUT2D eigenvalue weighted by Gasteiger charge is -2.53. The maximum absolute atomic E-state index is 12.0. The minimum absolute atomic E-state index is 0.0961. The first-order chi connectivity index (χ1) is 11.0. The second kappa shape index (κ2) is 6.80. The van der Waals surface area contributed by atoms with E-state index in [-0.39, 0.29) is 17.4 Å². The van der Waals surface area contributed by atoms with Crippen molar-refractivity contribution in [2.75, 3.05) is 26.2 Å². The van der Waals surface area contributed by atoms with Gasteiger partial charge in [0.25, 0.3) is 0 Å². The van der Waals surface area contributed by atoms with Gasteiger partial charge in [-0.1, -0.05) is 13.8 Å². The predicted molar refractivity (Wildman–Crippen MR) is 87.8 cm³/mol. The lowest BCUT2D eigenvalue weighted by Crippen LogP contribution is -2.66. The number of ether oxygens (including phenoxy) is 1. The van der Waals surface area contributed by atoms with Crippen LogP contribution in [-0.2, 0) is 14.3 Å². The van der Waals surface area contributed by atoms with Crippen molar-refractivity contribution >= 4 is 11.8 Å². The molecule has 0 unspecified atom stereocenters. The topological polar surface area (TPSA) is 58.6 Å². The van der Waals surface area contributed by atoms with Gasteiger partial charge in [0, 0.05) is 19.4 Å². The molecule has 0 bridgehead atoms. The van der Waals surface area contributed by atoms with Crippen molar-refractivity contribution in [1.29, 1.82) is 0 Å². The van der Waals surface area contributed by atoms with Crippen LogP contribution in [-0.4, -0.2) is 48.6 Å². The van der Waals surface area contributed by atoms with Crippen LogP contribution in [0.2, 0.25) is 0 Å². The summed E-state index contributed by atoms with van der Waals surface area (Å²) in [6.45, 7) is 7.09. The number of carbonyl (C=O) groups is 2. The molecule has 2 amide bonds. The third-order valence-electron chi connectivity index (χ3n) is 5.29. The second-order valence-corrected chi connectivity index (χ2v) is 8.20. The monoisotopic (exact) mass is 322 g/mol. The molecule has 1 spiro atoms. The Morgan fingerprint density at radius 3 is 2.52 bits per heavy atom. The van der Waals surface area contributed by atoms with E-state index in [0.29, 0.717) is 37.2 Å². The number of likely N-dealkylation sites (tertiary alicyclic amines) is 1. The Balaban J connectivity index is 1.33. The molecule has 3 aliphatic rings. The predicted octanol–water partition coefficient (Wildman–Crippen LogP) is 1.96. The molecule has 23 heavy (non-hydrogen) atoms. The maximum atomic E-state index is 12.0. The Morgan fingerprint density at radius 2 is 1.96 bits per heavy atom. The smallest absolute Gasteiger partial charge is 0.223 e. The molecule has 0 aromatic heterocycles. The molecule has 2 heterocycles. The fourth-order valence-corrected chi connectivity index (χ4v) is 3.55. The number of amides is 2. The summed E-state index contributed by atoms with van der Waals surface area (Å²) in [7, 11) is 0. The largest absolute Gasteiger partial charge is 0.371 e. The Hall–Kier alpha value is -1.10. The highest BCUT2D eigenvalue weighted by Gasteiger charge is 2.48. The Bertz CT molecular complexity index is 443. The first kappa shape index (κ1) is 16.7. The van der Waals surface area contributed by atoms with Crippen LogP contribution in [0.5, 0.6) is 0 Å². The summed E-state index contributed by atoms with van der Waals surface area (Å²) in [4.78, 5) is 25.7. The van der Waals surface area contributed by atoms with Crippen molar-refractivity contribution in [3.63, 3.8) is 0 Å². The van der Waals surface area contributed by atoms with Crippen molar-refractivity contribution in [3.05, 3.63) is 0 Å². The van der Waals surface area contributed by atoms with Crippen LogP contribution in [0.4, 0.5) is 0 Å². The lowest BCUT2D eigenvalue weighted by atomic mass is 9.82. The number of nitrogens with one attached hydrogen (secondary N) is 1. The number of nitrogens with zero attached hydrogens (tertiary/aromatic N) is 1. The van der Waals surface area contributed by atoms with Crippen LogP contribution in [0.1, 0.15) is 52.4 Å². The molecule has 0 aromatic rings. The number of carbonyl (C=O) groups excluding carboxylic acids is 2. The summed E-state index contributed by atoms with van der Waals surface area (Å²) in [6, 6.07) is 0. The first-order valence-corrected chi connectivity index (χ1v) is 9.14. The van der Waals surface area contributed by atoms with Gasteiger partial charge in [0.1, 0.15) is 5.60 Å². The van der Waals surface area contributed by atoms with E-state index in [1.165, 1.54) is 12.8 Å². The van der Waals surface area contributed by atoms with Crippen LogP contribution >= 0.6 is 0 Å². The molecule has 1 aliphatic carbocycles. The van der Waals surface area contributed by atoms with Gasteiger partial charge in [-0.15, -0.1) is 0 Å². The zero-order valence-corrected chi connectivity index (χ0v) is 14.5. The molecule has 3 fully saturated rings. The second-order valence-electron chi connectivity index (χ2n) is 8.20. The van der Waals surface area contributed by atoms with Crippen molar-refractivity contribution in [2.45, 2.75) is 58.0 Å². The summed E-state index contributed by atoms with van der Waals surface area (Å²) >= 11 is 0. The molecule has 0 aromatic carbocycles. The van der Waals surface area contributed by atoms with Gasteiger partial charge in [0.2, 0.25) is 11.8 Å². The third-order valence-corrected chi connectivity index (χ3v) is 5.29. The fraction of sp³-hybridized carbons (Fsp3) is 0.889. The lowest BCUT2D eigenvalue weighted by molar-refractivity contribution is -0.189. The molecule has 0 radical (unpaired) electrons. The van der Waals surface area contributed by atoms with Crippen LogP contribution in [0.15, 0.2) is 0 Å². The normalized spacial score (nSPS) is 26.2. The Labute approximate surface area is 139 Å². The van der Waals surface area contributed by atoms with Gasteiger partial charge in [-0.2, -0.15) is 0 Å². The molecular formula is C18H30N2O3. The number of hydrogen-bond acceptors (Lipinski definition) is 3. The first-order valence-electron chi connectivity index (χ1n) is 9.14. The van der Waals surface area contributed by atoms with Crippen molar-refractivity contribution in [2.24, 2.45) is 17.8 Å². The van der Waals surface area contributed by atoms with Gasteiger partial charge in [-0.05, 0) is 43.4 Å². The zero-order chi connectivity index (χ0) is 16.4. The average Bonchev–Trinajstić information content (AvgIpc) is 3.26. The third kappa shape index (κ3) is 4.46. The molecule has 130 valence electrons. The van der Waals surface area contributed by atoms with Crippen LogP contribution in [0, 0.1) is 17.8 Å². The molecule has 1 saturated carbocycles. The van der Waals surface area contributed by atoms with Gasteiger partial charge >= 0.3 is 0 Å². The van der Waals surface area contributed by atoms with E-state index < -0.39 is 0 Å². The molecule has 2 aliphatic heterocycles. The van der Waals surface area contributed by atoms with E-state index >= 15 is 0 Å². The maximum Gasteiger partial charge on any atom is 0.223 e. The summed E-state index contributed by atoms with van der Waals surface area (Å²) in [5.41, 5.74) is -0.0961. The Kier molecular flexibility index (Phi) is 4.95. The van der Waals surface area contributed by atoms with Crippen LogP contribution < -0.4 is 5.32 Å². The van der Waals surface area contributed by atoms with Crippen LogP contribution in [0.25, 0.3) is 0 Å². The van der Waals surface area contributed by atoms with E-state index in [2.05, 4.69) is 19.2 Å².